The highest BCUT2D eigenvalue weighted by Crippen LogP contribution is 2.22. The van der Waals surface area contributed by atoms with Crippen molar-refractivity contribution < 1.29 is 0 Å². The third-order valence-electron chi connectivity index (χ3n) is 3.08. The van der Waals surface area contributed by atoms with E-state index < -0.39 is 0 Å². The quantitative estimate of drug-likeness (QED) is 0.747. The van der Waals surface area contributed by atoms with Gasteiger partial charge in [0, 0.05) is 16.6 Å². The van der Waals surface area contributed by atoms with Crippen LogP contribution < -0.4 is 5.32 Å². The average molecular weight is 280 g/mol. The van der Waals surface area contributed by atoms with Gasteiger partial charge in [-0.1, -0.05) is 42.5 Å². The molecule has 3 aromatic rings. The van der Waals surface area contributed by atoms with E-state index in [0.717, 1.165) is 22.9 Å². The van der Waals surface area contributed by atoms with Crippen molar-refractivity contribution in [2.45, 2.75) is 13.5 Å². The molecule has 0 saturated heterocycles. The number of hydrogen-bond donors (Lipinski definition) is 1. The largest absolute Gasteiger partial charge is 0.379 e. The second kappa shape index (κ2) is 5.88. The third kappa shape index (κ3) is 3.06. The fourth-order valence-electron chi connectivity index (χ4n) is 2.07. The van der Waals surface area contributed by atoms with Crippen LogP contribution in [0.25, 0.3) is 11.3 Å². The van der Waals surface area contributed by atoms with Crippen LogP contribution in [0.2, 0.25) is 0 Å². The number of rotatable bonds is 4. The summed E-state index contributed by atoms with van der Waals surface area (Å²) in [5.41, 5.74) is 4.63. The second-order valence-corrected chi connectivity index (χ2v) is 5.66. The van der Waals surface area contributed by atoms with E-state index in [1.807, 2.05) is 18.2 Å². The molecule has 0 saturated carbocycles. The molecule has 1 N–H and O–H groups in total. The first-order valence-corrected chi connectivity index (χ1v) is 7.49. The van der Waals surface area contributed by atoms with Crippen LogP contribution in [-0.2, 0) is 6.54 Å². The molecular formula is C17H16N2S. The molecule has 0 fully saturated rings. The first kappa shape index (κ1) is 12.9. The minimum atomic E-state index is 0.765. The molecule has 0 atom stereocenters. The van der Waals surface area contributed by atoms with Crippen LogP contribution in [0.3, 0.4) is 0 Å². The van der Waals surface area contributed by atoms with E-state index in [2.05, 4.69) is 59.0 Å². The van der Waals surface area contributed by atoms with Crippen LogP contribution in [0.1, 0.15) is 10.6 Å². The van der Waals surface area contributed by atoms with Gasteiger partial charge in [-0.15, -0.1) is 11.3 Å². The Kier molecular flexibility index (Phi) is 3.79. The van der Waals surface area contributed by atoms with Crippen molar-refractivity contribution in [2.24, 2.45) is 0 Å². The van der Waals surface area contributed by atoms with E-state index in [-0.39, 0.29) is 0 Å². The molecule has 0 aliphatic carbocycles. The summed E-state index contributed by atoms with van der Waals surface area (Å²) in [6.45, 7) is 2.86. The SMILES string of the molecule is Cc1cccc(NCc2nc(-c3ccccc3)cs2)c1. The molecule has 100 valence electrons. The lowest BCUT2D eigenvalue weighted by atomic mass is 10.2. The first-order valence-electron chi connectivity index (χ1n) is 6.61. The van der Waals surface area contributed by atoms with Crippen LogP contribution in [0.4, 0.5) is 5.69 Å². The Labute approximate surface area is 123 Å². The summed E-state index contributed by atoms with van der Waals surface area (Å²) in [5, 5.41) is 6.63. The van der Waals surface area contributed by atoms with Crippen LogP contribution in [0, 0.1) is 6.92 Å². The fourth-order valence-corrected chi connectivity index (χ4v) is 2.81. The van der Waals surface area contributed by atoms with Gasteiger partial charge in [-0.25, -0.2) is 4.98 Å². The summed E-state index contributed by atoms with van der Waals surface area (Å²) in [6, 6.07) is 18.7. The maximum absolute atomic E-state index is 4.67. The number of aromatic nitrogens is 1. The first-order chi connectivity index (χ1) is 9.81. The lowest BCUT2D eigenvalue weighted by molar-refractivity contribution is 1.10. The normalized spacial score (nSPS) is 10.4. The number of anilines is 1. The molecule has 1 aromatic heterocycles. The summed E-state index contributed by atoms with van der Waals surface area (Å²) >= 11 is 1.69. The van der Waals surface area contributed by atoms with Crippen LogP contribution in [0.15, 0.2) is 60.0 Å². The van der Waals surface area contributed by atoms with Crippen molar-refractivity contribution in [1.82, 2.24) is 4.98 Å². The Hall–Kier alpha value is -2.13. The van der Waals surface area contributed by atoms with Crippen LogP contribution >= 0.6 is 11.3 Å². The van der Waals surface area contributed by atoms with Gasteiger partial charge in [0.2, 0.25) is 0 Å². The summed E-state index contributed by atoms with van der Waals surface area (Å²) in [7, 11) is 0. The number of nitrogens with zero attached hydrogens (tertiary/aromatic N) is 1. The molecular weight excluding hydrogens is 264 g/mol. The van der Waals surface area contributed by atoms with Gasteiger partial charge < -0.3 is 5.32 Å². The molecule has 20 heavy (non-hydrogen) atoms. The second-order valence-electron chi connectivity index (χ2n) is 4.72. The fraction of sp³-hybridized carbons (Fsp3) is 0.118. The topological polar surface area (TPSA) is 24.9 Å². The van der Waals surface area contributed by atoms with E-state index >= 15 is 0 Å². The lowest BCUT2D eigenvalue weighted by Gasteiger charge is -2.04. The Morgan fingerprint density at radius 2 is 1.90 bits per heavy atom. The van der Waals surface area contributed by atoms with E-state index in [1.54, 1.807) is 11.3 Å². The van der Waals surface area contributed by atoms with Crippen molar-refractivity contribution in [3.05, 3.63) is 70.5 Å². The van der Waals surface area contributed by atoms with E-state index in [4.69, 9.17) is 0 Å². The van der Waals surface area contributed by atoms with Gasteiger partial charge in [-0.05, 0) is 24.6 Å². The summed E-state index contributed by atoms with van der Waals surface area (Å²) in [5.74, 6) is 0. The summed E-state index contributed by atoms with van der Waals surface area (Å²) in [6.07, 6.45) is 0. The number of aryl methyl sites for hydroxylation is 1. The average Bonchev–Trinajstić information content (AvgIpc) is 2.95. The predicted molar refractivity (Wildman–Crippen MR) is 86.1 cm³/mol. The highest BCUT2D eigenvalue weighted by Gasteiger charge is 2.04. The highest BCUT2D eigenvalue weighted by atomic mass is 32.1. The zero-order valence-corrected chi connectivity index (χ0v) is 12.2. The molecule has 1 heterocycles. The summed E-state index contributed by atoms with van der Waals surface area (Å²) in [4.78, 5) is 4.67. The molecule has 3 rings (SSSR count). The Balaban J connectivity index is 1.69. The monoisotopic (exact) mass is 280 g/mol. The third-order valence-corrected chi connectivity index (χ3v) is 3.93. The molecule has 0 bridgehead atoms. The van der Waals surface area contributed by atoms with Gasteiger partial charge >= 0.3 is 0 Å². The van der Waals surface area contributed by atoms with E-state index in [0.29, 0.717) is 0 Å². The zero-order valence-electron chi connectivity index (χ0n) is 11.3. The molecule has 0 aliphatic heterocycles. The Morgan fingerprint density at radius 1 is 1.05 bits per heavy atom. The minimum Gasteiger partial charge on any atom is -0.379 e. The predicted octanol–water partition coefficient (Wildman–Crippen LogP) is 4.73. The van der Waals surface area contributed by atoms with Crippen molar-refractivity contribution >= 4 is 17.0 Å². The van der Waals surface area contributed by atoms with Crippen molar-refractivity contribution in [3.8, 4) is 11.3 Å². The van der Waals surface area contributed by atoms with Crippen molar-refractivity contribution in [2.75, 3.05) is 5.32 Å². The number of hydrogen-bond acceptors (Lipinski definition) is 3. The van der Waals surface area contributed by atoms with Crippen LogP contribution in [0.5, 0.6) is 0 Å². The van der Waals surface area contributed by atoms with Crippen LogP contribution in [-0.4, -0.2) is 4.98 Å². The smallest absolute Gasteiger partial charge is 0.112 e. The maximum Gasteiger partial charge on any atom is 0.112 e. The van der Waals surface area contributed by atoms with Crippen molar-refractivity contribution in [3.63, 3.8) is 0 Å². The number of nitrogens with one attached hydrogen (secondary N) is 1. The number of benzene rings is 2. The molecule has 2 aromatic carbocycles. The standard InChI is InChI=1S/C17H16N2S/c1-13-6-5-9-15(10-13)18-11-17-19-16(12-20-17)14-7-3-2-4-8-14/h2-10,12,18H,11H2,1H3. The molecule has 2 nitrogen and oxygen atoms in total. The molecule has 0 spiro atoms. The molecule has 0 unspecified atom stereocenters. The maximum atomic E-state index is 4.67. The molecule has 0 amide bonds. The van der Waals surface area contributed by atoms with Gasteiger partial charge in [-0.3, -0.25) is 0 Å². The molecule has 3 heteroatoms. The molecule has 0 radical (unpaired) electrons. The van der Waals surface area contributed by atoms with E-state index in [1.165, 1.54) is 11.1 Å². The van der Waals surface area contributed by atoms with Gasteiger partial charge in [0.25, 0.3) is 0 Å². The highest BCUT2D eigenvalue weighted by molar-refractivity contribution is 7.09. The minimum absolute atomic E-state index is 0.765. The van der Waals surface area contributed by atoms with Gasteiger partial charge in [0.15, 0.2) is 0 Å². The van der Waals surface area contributed by atoms with Gasteiger partial charge in [0.05, 0.1) is 12.2 Å². The van der Waals surface area contributed by atoms with Gasteiger partial charge in [-0.2, -0.15) is 0 Å². The molecule has 0 aliphatic rings. The van der Waals surface area contributed by atoms with Gasteiger partial charge in [0.1, 0.15) is 5.01 Å². The Bertz CT molecular complexity index is 689. The van der Waals surface area contributed by atoms with E-state index in [9.17, 15) is 0 Å². The number of thiazole rings is 1. The zero-order chi connectivity index (χ0) is 13.8. The Morgan fingerprint density at radius 3 is 2.70 bits per heavy atom. The lowest BCUT2D eigenvalue weighted by Crippen LogP contribution is -1.98. The summed E-state index contributed by atoms with van der Waals surface area (Å²) < 4.78 is 0. The van der Waals surface area contributed by atoms with Crippen molar-refractivity contribution in [1.29, 1.82) is 0 Å².